The Hall–Kier alpha value is -3.10. The second-order valence-electron chi connectivity index (χ2n) is 10.1. The molecule has 1 heterocycles. The summed E-state index contributed by atoms with van der Waals surface area (Å²) in [7, 11) is -2.38. The summed E-state index contributed by atoms with van der Waals surface area (Å²) in [6.07, 6.45) is -1.67. The van der Waals surface area contributed by atoms with E-state index in [4.69, 9.17) is 18.9 Å². The average Bonchev–Trinajstić information content (AvgIpc) is 3.40. The molecule has 2 aromatic carbocycles. The smallest absolute Gasteiger partial charge is 0.404 e. The van der Waals surface area contributed by atoms with Crippen LogP contribution < -0.4 is 24.8 Å². The highest BCUT2D eigenvalue weighted by Gasteiger charge is 2.32. The first kappa shape index (κ1) is 32.4. The van der Waals surface area contributed by atoms with Crippen molar-refractivity contribution >= 4 is 16.1 Å². The van der Waals surface area contributed by atoms with Crippen molar-refractivity contribution in [2.24, 2.45) is 5.92 Å². The first-order valence-electron chi connectivity index (χ1n) is 13.6. The molecule has 13 heteroatoms. The molecule has 4 N–H and O–H groups in total. The summed E-state index contributed by atoms with van der Waals surface area (Å²) in [5.41, 5.74) is 0.755. The van der Waals surface area contributed by atoms with Crippen LogP contribution in [0.4, 0.5) is 4.79 Å². The Morgan fingerprint density at radius 1 is 1.05 bits per heavy atom. The minimum atomic E-state index is -4.04. The van der Waals surface area contributed by atoms with Gasteiger partial charge >= 0.3 is 6.09 Å². The van der Waals surface area contributed by atoms with E-state index in [0.29, 0.717) is 30.5 Å². The fourth-order valence-electron chi connectivity index (χ4n) is 4.30. The Bertz CT molecular complexity index is 1210. The second kappa shape index (κ2) is 15.8. The van der Waals surface area contributed by atoms with E-state index >= 15 is 0 Å². The van der Waals surface area contributed by atoms with E-state index in [-0.39, 0.29) is 37.1 Å². The van der Waals surface area contributed by atoms with Gasteiger partial charge in [0, 0.05) is 32.8 Å². The highest BCUT2D eigenvalue weighted by atomic mass is 32.2. The Balaban J connectivity index is 1.65. The van der Waals surface area contributed by atoms with Gasteiger partial charge < -0.3 is 39.8 Å². The van der Waals surface area contributed by atoms with E-state index in [1.165, 1.54) is 22.5 Å². The third-order valence-corrected chi connectivity index (χ3v) is 8.17. The predicted molar refractivity (Wildman–Crippen MR) is 152 cm³/mol. The number of aliphatic hydroxyl groups excluding tert-OH is 1. The number of nitrogens with zero attached hydrogens (tertiary/aromatic N) is 1. The molecule has 0 unspecified atom stereocenters. The number of benzene rings is 2. The summed E-state index contributed by atoms with van der Waals surface area (Å²) < 4.78 is 49.7. The van der Waals surface area contributed by atoms with Gasteiger partial charge in [-0.2, -0.15) is 4.31 Å². The van der Waals surface area contributed by atoms with Crippen LogP contribution in [0.2, 0.25) is 0 Å². The Morgan fingerprint density at radius 2 is 1.78 bits per heavy atom. The number of fused-ring (bicyclic) bond motifs is 1. The molecule has 228 valence electrons. The molecule has 41 heavy (non-hydrogen) atoms. The Labute approximate surface area is 241 Å². The quantitative estimate of drug-likeness (QED) is 0.189. The van der Waals surface area contributed by atoms with Gasteiger partial charge in [0.15, 0.2) is 11.5 Å². The van der Waals surface area contributed by atoms with E-state index in [1.54, 1.807) is 31.4 Å². The number of amides is 1. The topological polar surface area (TPSA) is 156 Å². The minimum absolute atomic E-state index is 0.00121. The van der Waals surface area contributed by atoms with Gasteiger partial charge in [-0.3, -0.25) is 0 Å². The molecule has 3 rings (SSSR count). The number of carboxylic acid groups (broad SMARTS) is 1. The molecule has 0 radical (unpaired) electrons. The SMILES string of the molecule is COCCNCCCOc1ccc(C[C@H](NC(=O)O)[C@@H](O)CN(CC(C)C)S(=O)(=O)c2ccc3c(c2)OCO3)cc1. The fraction of sp³-hybridized carbons (Fsp3) is 0.536. The van der Waals surface area contributed by atoms with Crippen molar-refractivity contribution in [1.29, 1.82) is 0 Å². The van der Waals surface area contributed by atoms with Crippen LogP contribution in [0.5, 0.6) is 17.2 Å². The number of hydrogen-bond donors (Lipinski definition) is 4. The van der Waals surface area contributed by atoms with Crippen molar-refractivity contribution in [2.75, 3.05) is 53.3 Å². The molecule has 0 saturated heterocycles. The van der Waals surface area contributed by atoms with Crippen LogP contribution in [0.25, 0.3) is 0 Å². The molecule has 0 spiro atoms. The Kier molecular flexibility index (Phi) is 12.5. The van der Waals surface area contributed by atoms with Crippen molar-refractivity contribution in [3.8, 4) is 17.2 Å². The summed E-state index contributed by atoms with van der Waals surface area (Å²) in [4.78, 5) is 11.6. The maximum Gasteiger partial charge on any atom is 0.404 e. The molecule has 0 aromatic heterocycles. The molecule has 1 aliphatic heterocycles. The summed E-state index contributed by atoms with van der Waals surface area (Å²) in [6.45, 7) is 6.33. The number of hydrogen-bond acceptors (Lipinski definition) is 9. The van der Waals surface area contributed by atoms with Gasteiger partial charge in [-0.25, -0.2) is 13.2 Å². The van der Waals surface area contributed by atoms with Gasteiger partial charge in [-0.05, 0) is 55.1 Å². The number of carbonyl (C=O) groups is 1. The summed E-state index contributed by atoms with van der Waals surface area (Å²) in [6, 6.07) is 10.6. The number of nitrogens with one attached hydrogen (secondary N) is 2. The van der Waals surface area contributed by atoms with E-state index in [2.05, 4.69) is 10.6 Å². The summed E-state index contributed by atoms with van der Waals surface area (Å²) >= 11 is 0. The lowest BCUT2D eigenvalue weighted by Crippen LogP contribution is -2.50. The van der Waals surface area contributed by atoms with Crippen LogP contribution in [0, 0.1) is 5.92 Å². The van der Waals surface area contributed by atoms with Gasteiger partial charge in [-0.15, -0.1) is 0 Å². The molecule has 0 saturated carbocycles. The highest BCUT2D eigenvalue weighted by molar-refractivity contribution is 7.89. The average molecular weight is 596 g/mol. The van der Waals surface area contributed by atoms with Gasteiger partial charge in [0.2, 0.25) is 16.8 Å². The van der Waals surface area contributed by atoms with Gasteiger partial charge in [0.1, 0.15) is 5.75 Å². The molecule has 1 aliphatic rings. The monoisotopic (exact) mass is 595 g/mol. The lowest BCUT2D eigenvalue weighted by atomic mass is 10.0. The third-order valence-electron chi connectivity index (χ3n) is 6.34. The van der Waals surface area contributed by atoms with Crippen LogP contribution in [0.15, 0.2) is 47.4 Å². The number of rotatable bonds is 18. The van der Waals surface area contributed by atoms with Crippen LogP contribution in [0.3, 0.4) is 0 Å². The number of sulfonamides is 1. The number of aliphatic hydroxyl groups is 1. The van der Waals surface area contributed by atoms with Crippen molar-refractivity contribution in [3.63, 3.8) is 0 Å². The van der Waals surface area contributed by atoms with E-state index in [1.807, 2.05) is 13.8 Å². The molecular formula is C28H41N3O9S. The standard InChI is InChI=1S/C28H41N3O9S/c1-20(2)17-31(41(35,36)23-9-10-26-27(16-23)40-19-39-26)18-25(32)24(30-28(33)34)15-21-5-7-22(8-6-21)38-13-4-11-29-12-14-37-3/h5-10,16,20,24-25,29-30,32H,4,11-15,17-19H2,1-3H3,(H,33,34)/t24-,25-/m0/s1. The molecule has 0 aliphatic carbocycles. The zero-order chi connectivity index (χ0) is 29.8. The maximum atomic E-state index is 13.6. The lowest BCUT2D eigenvalue weighted by Gasteiger charge is -2.30. The van der Waals surface area contributed by atoms with Gasteiger partial charge in [0.25, 0.3) is 0 Å². The second-order valence-corrected chi connectivity index (χ2v) is 12.1. The molecule has 2 atom stereocenters. The summed E-state index contributed by atoms with van der Waals surface area (Å²) in [5, 5.41) is 26.2. The van der Waals surface area contributed by atoms with E-state index in [9.17, 15) is 23.4 Å². The van der Waals surface area contributed by atoms with Crippen molar-refractivity contribution < 1.29 is 42.4 Å². The van der Waals surface area contributed by atoms with Crippen LogP contribution >= 0.6 is 0 Å². The fourth-order valence-corrected chi connectivity index (χ4v) is 5.94. The van der Waals surface area contributed by atoms with E-state index < -0.39 is 28.3 Å². The maximum absolute atomic E-state index is 13.6. The van der Waals surface area contributed by atoms with Crippen LogP contribution in [-0.4, -0.2) is 94.5 Å². The first-order valence-corrected chi connectivity index (χ1v) is 15.0. The normalized spacial score (nSPS) is 14.3. The lowest BCUT2D eigenvalue weighted by molar-refractivity contribution is 0.0980. The molecule has 1 amide bonds. The number of methoxy groups -OCH3 is 1. The molecule has 0 bridgehead atoms. The largest absolute Gasteiger partial charge is 0.494 e. The first-order chi connectivity index (χ1) is 19.6. The zero-order valence-corrected chi connectivity index (χ0v) is 24.6. The Morgan fingerprint density at radius 3 is 2.46 bits per heavy atom. The van der Waals surface area contributed by atoms with Gasteiger partial charge in [-0.1, -0.05) is 26.0 Å². The van der Waals surface area contributed by atoms with E-state index in [0.717, 1.165) is 25.1 Å². The predicted octanol–water partition coefficient (Wildman–Crippen LogP) is 2.31. The third kappa shape index (κ3) is 10.0. The molecule has 12 nitrogen and oxygen atoms in total. The van der Waals surface area contributed by atoms with Crippen molar-refractivity contribution in [3.05, 3.63) is 48.0 Å². The van der Waals surface area contributed by atoms with Crippen LogP contribution in [0.1, 0.15) is 25.8 Å². The van der Waals surface area contributed by atoms with Crippen molar-refractivity contribution in [1.82, 2.24) is 14.9 Å². The zero-order valence-electron chi connectivity index (χ0n) is 23.7. The highest BCUT2D eigenvalue weighted by Crippen LogP contribution is 2.35. The van der Waals surface area contributed by atoms with Crippen LogP contribution in [-0.2, 0) is 21.2 Å². The van der Waals surface area contributed by atoms with Crippen molar-refractivity contribution in [2.45, 2.75) is 43.7 Å². The molecule has 2 aromatic rings. The number of ether oxygens (including phenoxy) is 4. The molecular weight excluding hydrogens is 554 g/mol. The van der Waals surface area contributed by atoms with Gasteiger partial charge in [0.05, 0.1) is 30.3 Å². The minimum Gasteiger partial charge on any atom is -0.494 e. The summed E-state index contributed by atoms with van der Waals surface area (Å²) in [5.74, 6) is 1.40. The molecule has 0 fully saturated rings.